The number of fused-ring (bicyclic) bond motifs is 2. The molecule has 19 heavy (non-hydrogen) atoms. The van der Waals surface area contributed by atoms with Crippen LogP contribution in [0.3, 0.4) is 0 Å². The Morgan fingerprint density at radius 1 is 1.32 bits per heavy atom. The van der Waals surface area contributed by atoms with Crippen LogP contribution in [-0.4, -0.2) is 29.0 Å². The van der Waals surface area contributed by atoms with Gasteiger partial charge in [0, 0.05) is 24.3 Å². The van der Waals surface area contributed by atoms with E-state index in [0.29, 0.717) is 22.1 Å². The fourth-order valence-corrected chi connectivity index (χ4v) is 3.39. The molecular weight excluding hydrogens is 310 g/mol. The molecular formula is C13H16BrN3O2. The highest BCUT2D eigenvalue weighted by Crippen LogP contribution is 2.26. The van der Waals surface area contributed by atoms with E-state index < -0.39 is 0 Å². The smallest absolute Gasteiger partial charge is 0.262 e. The van der Waals surface area contributed by atoms with Crippen LogP contribution in [0.4, 0.5) is 0 Å². The van der Waals surface area contributed by atoms with Crippen LogP contribution in [0.5, 0.6) is 0 Å². The van der Waals surface area contributed by atoms with Gasteiger partial charge in [-0.3, -0.25) is 9.59 Å². The molecule has 2 fully saturated rings. The van der Waals surface area contributed by atoms with Gasteiger partial charge in [-0.15, -0.1) is 0 Å². The number of amides is 1. The van der Waals surface area contributed by atoms with Crippen LogP contribution in [0.15, 0.2) is 21.5 Å². The Balaban J connectivity index is 1.67. The lowest BCUT2D eigenvalue weighted by molar-refractivity contribution is 0.0923. The van der Waals surface area contributed by atoms with Crippen molar-refractivity contribution in [3.05, 3.63) is 32.7 Å². The summed E-state index contributed by atoms with van der Waals surface area (Å²) in [5.41, 5.74) is 0.258. The molecule has 0 radical (unpaired) electrons. The van der Waals surface area contributed by atoms with Crippen LogP contribution in [0.2, 0.25) is 0 Å². The van der Waals surface area contributed by atoms with Gasteiger partial charge in [-0.1, -0.05) is 0 Å². The molecule has 1 aromatic rings. The second-order valence-corrected chi connectivity index (χ2v) is 6.20. The zero-order valence-corrected chi connectivity index (χ0v) is 12.0. The van der Waals surface area contributed by atoms with Crippen molar-refractivity contribution in [2.24, 2.45) is 0 Å². The van der Waals surface area contributed by atoms with Crippen LogP contribution in [0.25, 0.3) is 0 Å². The second-order valence-electron chi connectivity index (χ2n) is 5.35. The topological polar surface area (TPSA) is 74.0 Å². The maximum atomic E-state index is 12.1. The van der Waals surface area contributed by atoms with Gasteiger partial charge in [0.15, 0.2) is 0 Å². The molecule has 0 saturated carbocycles. The predicted octanol–water partition coefficient (Wildman–Crippen LogP) is 1.15. The number of pyridine rings is 1. The maximum absolute atomic E-state index is 12.1. The minimum Gasteiger partial charge on any atom is -0.349 e. The van der Waals surface area contributed by atoms with E-state index in [9.17, 15) is 9.59 Å². The first-order valence-corrected chi connectivity index (χ1v) is 7.36. The molecule has 1 amide bonds. The standard InChI is InChI=1S/C13H16BrN3O2/c14-11-3-7(6-15-13(11)19)12(18)17-10-4-8-1-2-9(5-10)16-8/h3,6,8-10,16H,1-2,4-5H2,(H,15,19)(H,17,18). The van der Waals surface area contributed by atoms with Gasteiger partial charge in [0.2, 0.25) is 0 Å². The number of halogens is 1. The summed E-state index contributed by atoms with van der Waals surface area (Å²) in [7, 11) is 0. The number of rotatable bonds is 2. The summed E-state index contributed by atoms with van der Waals surface area (Å²) in [6.07, 6.45) is 5.86. The molecule has 3 N–H and O–H groups in total. The first-order chi connectivity index (χ1) is 9.11. The molecule has 3 heterocycles. The molecule has 6 heteroatoms. The summed E-state index contributed by atoms with van der Waals surface area (Å²) in [6.45, 7) is 0. The lowest BCUT2D eigenvalue weighted by Crippen LogP contribution is -2.48. The molecule has 2 unspecified atom stereocenters. The van der Waals surface area contributed by atoms with Gasteiger partial charge >= 0.3 is 0 Å². The zero-order valence-electron chi connectivity index (χ0n) is 10.4. The van der Waals surface area contributed by atoms with Gasteiger partial charge in [-0.05, 0) is 47.7 Å². The minimum atomic E-state index is -0.225. The van der Waals surface area contributed by atoms with Crippen molar-refractivity contribution in [1.82, 2.24) is 15.6 Å². The molecule has 2 bridgehead atoms. The third-order valence-corrected chi connectivity index (χ3v) is 4.52. The van der Waals surface area contributed by atoms with Crippen LogP contribution in [-0.2, 0) is 0 Å². The zero-order chi connectivity index (χ0) is 13.4. The highest BCUT2D eigenvalue weighted by atomic mass is 79.9. The Morgan fingerprint density at radius 2 is 2.00 bits per heavy atom. The van der Waals surface area contributed by atoms with Crippen molar-refractivity contribution in [3.63, 3.8) is 0 Å². The van der Waals surface area contributed by atoms with E-state index in [4.69, 9.17) is 0 Å². The average molecular weight is 326 g/mol. The van der Waals surface area contributed by atoms with E-state index in [1.165, 1.54) is 19.0 Å². The number of aromatic amines is 1. The number of carbonyl (C=O) groups excluding carboxylic acids is 1. The molecule has 102 valence electrons. The Labute approximate surface area is 119 Å². The molecule has 2 aliphatic rings. The van der Waals surface area contributed by atoms with Gasteiger partial charge in [0.1, 0.15) is 0 Å². The number of hydrogen-bond donors (Lipinski definition) is 3. The van der Waals surface area contributed by atoms with Crippen LogP contribution in [0.1, 0.15) is 36.0 Å². The predicted molar refractivity (Wildman–Crippen MR) is 75.2 cm³/mol. The van der Waals surface area contributed by atoms with Crippen molar-refractivity contribution in [2.45, 2.75) is 43.8 Å². The van der Waals surface area contributed by atoms with E-state index in [1.54, 1.807) is 6.07 Å². The van der Waals surface area contributed by atoms with E-state index in [0.717, 1.165) is 12.8 Å². The Kier molecular flexibility index (Phi) is 3.45. The quantitative estimate of drug-likeness (QED) is 0.763. The number of piperidine rings is 1. The normalized spacial score (nSPS) is 29.2. The van der Waals surface area contributed by atoms with Gasteiger partial charge in [0.05, 0.1) is 10.0 Å². The molecule has 0 spiro atoms. The van der Waals surface area contributed by atoms with E-state index >= 15 is 0 Å². The van der Waals surface area contributed by atoms with E-state index in [2.05, 4.69) is 31.5 Å². The maximum Gasteiger partial charge on any atom is 0.262 e. The van der Waals surface area contributed by atoms with Crippen LogP contribution < -0.4 is 16.2 Å². The van der Waals surface area contributed by atoms with E-state index in [-0.39, 0.29) is 17.5 Å². The van der Waals surface area contributed by atoms with Gasteiger partial charge < -0.3 is 15.6 Å². The lowest BCUT2D eigenvalue weighted by atomic mass is 9.99. The van der Waals surface area contributed by atoms with Crippen molar-refractivity contribution < 1.29 is 4.79 Å². The Morgan fingerprint density at radius 3 is 2.63 bits per heavy atom. The molecule has 1 aromatic heterocycles. The molecule has 2 saturated heterocycles. The van der Waals surface area contributed by atoms with Crippen molar-refractivity contribution in [3.8, 4) is 0 Å². The summed E-state index contributed by atoms with van der Waals surface area (Å²) < 4.78 is 0.380. The highest BCUT2D eigenvalue weighted by Gasteiger charge is 2.34. The molecule has 2 aliphatic heterocycles. The molecule has 3 rings (SSSR count). The fourth-order valence-electron chi connectivity index (χ4n) is 3.03. The number of aromatic nitrogens is 1. The fraction of sp³-hybridized carbons (Fsp3) is 0.538. The number of hydrogen-bond acceptors (Lipinski definition) is 3. The van der Waals surface area contributed by atoms with Crippen LogP contribution in [0, 0.1) is 0 Å². The third kappa shape index (κ3) is 2.74. The largest absolute Gasteiger partial charge is 0.349 e. The van der Waals surface area contributed by atoms with Gasteiger partial charge in [0.25, 0.3) is 11.5 Å². The summed E-state index contributed by atoms with van der Waals surface area (Å²) in [5, 5.41) is 6.60. The number of nitrogens with one attached hydrogen (secondary N) is 3. The first kappa shape index (κ1) is 12.9. The Bertz CT molecular complexity index is 545. The van der Waals surface area contributed by atoms with Crippen molar-refractivity contribution in [1.29, 1.82) is 0 Å². The number of H-pyrrole nitrogens is 1. The minimum absolute atomic E-state index is 0.122. The molecule has 2 atom stereocenters. The van der Waals surface area contributed by atoms with Gasteiger partial charge in [-0.25, -0.2) is 0 Å². The highest BCUT2D eigenvalue weighted by molar-refractivity contribution is 9.10. The van der Waals surface area contributed by atoms with Gasteiger partial charge in [-0.2, -0.15) is 0 Å². The molecule has 0 aromatic carbocycles. The van der Waals surface area contributed by atoms with Crippen LogP contribution >= 0.6 is 15.9 Å². The number of carbonyl (C=O) groups is 1. The molecule has 0 aliphatic carbocycles. The third-order valence-electron chi connectivity index (χ3n) is 3.93. The second kappa shape index (κ2) is 5.09. The summed E-state index contributed by atoms with van der Waals surface area (Å²) in [5.74, 6) is -0.122. The van der Waals surface area contributed by atoms with Crippen molar-refractivity contribution in [2.75, 3.05) is 0 Å². The monoisotopic (exact) mass is 325 g/mol. The summed E-state index contributed by atoms with van der Waals surface area (Å²) in [4.78, 5) is 25.9. The molecule has 5 nitrogen and oxygen atoms in total. The summed E-state index contributed by atoms with van der Waals surface area (Å²) in [6, 6.07) is 2.89. The lowest BCUT2D eigenvalue weighted by Gasteiger charge is -2.29. The average Bonchev–Trinajstić information content (AvgIpc) is 2.72. The first-order valence-electron chi connectivity index (χ1n) is 6.57. The SMILES string of the molecule is O=C(NC1CC2CCC(C1)N2)c1c[nH]c(=O)c(Br)c1. The van der Waals surface area contributed by atoms with Crippen molar-refractivity contribution >= 4 is 21.8 Å². The Hall–Kier alpha value is -1.14. The van der Waals surface area contributed by atoms with E-state index in [1.807, 2.05) is 0 Å². The summed E-state index contributed by atoms with van der Waals surface area (Å²) >= 11 is 3.13.